The molecule has 0 aliphatic heterocycles. The number of nitrogens with two attached hydrogens (primary N) is 1. The van der Waals surface area contributed by atoms with E-state index in [1.54, 1.807) is 38.1 Å². The highest BCUT2D eigenvalue weighted by Crippen LogP contribution is 2.23. The lowest BCUT2D eigenvalue weighted by Gasteiger charge is -2.36. The van der Waals surface area contributed by atoms with Gasteiger partial charge in [0.1, 0.15) is 0 Å². The topological polar surface area (TPSA) is 75.4 Å². The van der Waals surface area contributed by atoms with Crippen LogP contribution in [-0.2, 0) is 10.0 Å². The summed E-state index contributed by atoms with van der Waals surface area (Å²) < 4.78 is 26.6. The molecule has 0 heterocycles. The van der Waals surface area contributed by atoms with E-state index in [0.717, 1.165) is 5.69 Å². The number of hydrogen-bond acceptors (Lipinski definition) is 4. The summed E-state index contributed by atoms with van der Waals surface area (Å²) in [6, 6.07) is 6.70. The van der Waals surface area contributed by atoms with Gasteiger partial charge in [0.25, 0.3) is 0 Å². The first-order valence-electron chi connectivity index (χ1n) is 6.66. The highest BCUT2D eigenvalue weighted by molar-refractivity contribution is 7.89. The van der Waals surface area contributed by atoms with Crippen molar-refractivity contribution in [2.45, 2.75) is 44.2 Å². The zero-order valence-corrected chi connectivity index (χ0v) is 13.7. The first-order valence-corrected chi connectivity index (χ1v) is 8.15. The molecule has 0 bridgehead atoms. The molecule has 1 aromatic rings. The quantitative estimate of drug-likeness (QED) is 0.835. The molecule has 1 rings (SSSR count). The number of nitrogens with zero attached hydrogens (tertiary/aromatic N) is 1. The lowest BCUT2D eigenvalue weighted by atomic mass is 10.0. The summed E-state index contributed by atoms with van der Waals surface area (Å²) >= 11 is 0. The van der Waals surface area contributed by atoms with E-state index in [0.29, 0.717) is 6.54 Å². The number of sulfonamides is 1. The molecular formula is C14H25N3O2S. The molecule has 0 saturated heterocycles. The van der Waals surface area contributed by atoms with Crippen molar-refractivity contribution in [3.63, 3.8) is 0 Å². The van der Waals surface area contributed by atoms with Crippen LogP contribution in [0.25, 0.3) is 0 Å². The van der Waals surface area contributed by atoms with Crippen molar-refractivity contribution in [3.8, 4) is 0 Å². The van der Waals surface area contributed by atoms with Gasteiger partial charge in [-0.05, 0) is 52.0 Å². The SMILES string of the molecule is CC(C)NS(=O)(=O)c1ccc(N(C)C(C)(C)CN)cc1. The minimum Gasteiger partial charge on any atom is -0.368 e. The van der Waals surface area contributed by atoms with Crippen molar-refractivity contribution < 1.29 is 8.42 Å². The summed E-state index contributed by atoms with van der Waals surface area (Å²) in [5, 5.41) is 0. The minimum absolute atomic E-state index is 0.126. The molecule has 0 aliphatic rings. The average molecular weight is 299 g/mol. The van der Waals surface area contributed by atoms with Gasteiger partial charge in [-0.2, -0.15) is 0 Å². The van der Waals surface area contributed by atoms with Gasteiger partial charge in [-0.25, -0.2) is 13.1 Å². The van der Waals surface area contributed by atoms with Crippen LogP contribution < -0.4 is 15.4 Å². The molecule has 0 aromatic heterocycles. The second-order valence-electron chi connectivity index (χ2n) is 5.85. The van der Waals surface area contributed by atoms with Gasteiger partial charge in [0.05, 0.1) is 4.90 Å². The van der Waals surface area contributed by atoms with Crippen molar-refractivity contribution in [2.75, 3.05) is 18.5 Å². The molecule has 0 aliphatic carbocycles. The highest BCUT2D eigenvalue weighted by Gasteiger charge is 2.22. The smallest absolute Gasteiger partial charge is 0.240 e. The maximum absolute atomic E-state index is 12.0. The molecule has 0 saturated carbocycles. The number of rotatable bonds is 6. The Morgan fingerprint density at radius 2 is 1.75 bits per heavy atom. The van der Waals surface area contributed by atoms with Crippen molar-refractivity contribution in [2.24, 2.45) is 5.73 Å². The molecule has 3 N–H and O–H groups in total. The number of likely N-dealkylation sites (N-methyl/N-ethyl adjacent to an activating group) is 1. The van der Waals surface area contributed by atoms with E-state index in [-0.39, 0.29) is 16.5 Å². The molecule has 0 fully saturated rings. The number of benzene rings is 1. The van der Waals surface area contributed by atoms with Crippen LogP contribution in [0, 0.1) is 0 Å². The molecule has 114 valence electrons. The Hall–Kier alpha value is -1.11. The normalized spacial score (nSPS) is 12.8. The first-order chi connectivity index (χ1) is 9.10. The third kappa shape index (κ3) is 3.94. The second kappa shape index (κ2) is 6.11. The molecule has 20 heavy (non-hydrogen) atoms. The lowest BCUT2D eigenvalue weighted by Crippen LogP contribution is -2.47. The lowest BCUT2D eigenvalue weighted by molar-refractivity contribution is 0.498. The highest BCUT2D eigenvalue weighted by atomic mass is 32.2. The molecule has 0 atom stereocenters. The van der Waals surface area contributed by atoms with Gasteiger partial charge in [0.15, 0.2) is 0 Å². The summed E-state index contributed by atoms with van der Waals surface area (Å²) in [5.41, 5.74) is 6.50. The number of anilines is 1. The molecule has 0 radical (unpaired) electrons. The van der Waals surface area contributed by atoms with E-state index in [9.17, 15) is 8.42 Å². The molecule has 0 amide bonds. The standard InChI is InChI=1S/C14H25N3O2S/c1-11(2)16-20(18,19)13-8-6-12(7-9-13)17(5)14(3,4)10-15/h6-9,11,16H,10,15H2,1-5H3. The van der Waals surface area contributed by atoms with Gasteiger partial charge in [0, 0.05) is 30.9 Å². The third-order valence-electron chi connectivity index (χ3n) is 3.33. The fraction of sp³-hybridized carbons (Fsp3) is 0.571. The van der Waals surface area contributed by atoms with Gasteiger partial charge in [0.2, 0.25) is 10.0 Å². The molecular weight excluding hydrogens is 274 g/mol. The Morgan fingerprint density at radius 3 is 2.15 bits per heavy atom. The van der Waals surface area contributed by atoms with Gasteiger partial charge >= 0.3 is 0 Å². The molecule has 5 nitrogen and oxygen atoms in total. The predicted octanol–water partition coefficient (Wildman–Crippen LogP) is 1.55. The summed E-state index contributed by atoms with van der Waals surface area (Å²) in [7, 11) is -1.49. The Labute approximate surface area is 122 Å². The summed E-state index contributed by atoms with van der Waals surface area (Å²) in [6.45, 7) is 8.18. The van der Waals surface area contributed by atoms with E-state index in [2.05, 4.69) is 4.72 Å². The molecule has 1 aromatic carbocycles. The van der Waals surface area contributed by atoms with Gasteiger partial charge in [-0.1, -0.05) is 0 Å². The third-order valence-corrected chi connectivity index (χ3v) is 5.01. The van der Waals surface area contributed by atoms with Crippen LogP contribution in [0.4, 0.5) is 5.69 Å². The van der Waals surface area contributed by atoms with Gasteiger partial charge < -0.3 is 10.6 Å². The first kappa shape index (κ1) is 16.9. The Bertz CT molecular complexity index is 536. The van der Waals surface area contributed by atoms with Crippen molar-refractivity contribution >= 4 is 15.7 Å². The summed E-state index contributed by atoms with van der Waals surface area (Å²) in [4.78, 5) is 2.31. The maximum atomic E-state index is 12.0. The molecule has 6 heteroatoms. The van der Waals surface area contributed by atoms with E-state index in [1.165, 1.54) is 0 Å². The predicted molar refractivity (Wildman–Crippen MR) is 83.4 cm³/mol. The van der Waals surface area contributed by atoms with Crippen molar-refractivity contribution in [3.05, 3.63) is 24.3 Å². The van der Waals surface area contributed by atoms with E-state index >= 15 is 0 Å². The Kier molecular flexibility index (Phi) is 5.18. The summed E-state index contributed by atoms with van der Waals surface area (Å²) in [6.07, 6.45) is 0. The van der Waals surface area contributed by atoms with Crippen LogP contribution in [0.1, 0.15) is 27.7 Å². The zero-order chi connectivity index (χ0) is 15.6. The maximum Gasteiger partial charge on any atom is 0.240 e. The van der Waals surface area contributed by atoms with E-state index in [1.807, 2.05) is 25.8 Å². The summed E-state index contributed by atoms with van der Waals surface area (Å²) in [5.74, 6) is 0. The number of nitrogens with one attached hydrogen (secondary N) is 1. The van der Waals surface area contributed by atoms with Crippen LogP contribution in [0.15, 0.2) is 29.2 Å². The van der Waals surface area contributed by atoms with Crippen LogP contribution in [-0.4, -0.2) is 33.6 Å². The minimum atomic E-state index is -3.44. The monoisotopic (exact) mass is 299 g/mol. The van der Waals surface area contributed by atoms with E-state index in [4.69, 9.17) is 5.73 Å². The Morgan fingerprint density at radius 1 is 1.25 bits per heavy atom. The van der Waals surface area contributed by atoms with Crippen LogP contribution in [0.2, 0.25) is 0 Å². The average Bonchev–Trinajstić information content (AvgIpc) is 2.36. The number of hydrogen-bond donors (Lipinski definition) is 2. The van der Waals surface area contributed by atoms with Crippen LogP contribution >= 0.6 is 0 Å². The van der Waals surface area contributed by atoms with E-state index < -0.39 is 10.0 Å². The fourth-order valence-corrected chi connectivity index (χ4v) is 2.96. The second-order valence-corrected chi connectivity index (χ2v) is 7.56. The van der Waals surface area contributed by atoms with Crippen molar-refractivity contribution in [1.29, 1.82) is 0 Å². The Balaban J connectivity index is 3.01. The molecule has 0 spiro atoms. The van der Waals surface area contributed by atoms with Crippen LogP contribution in [0.5, 0.6) is 0 Å². The van der Waals surface area contributed by atoms with Crippen LogP contribution in [0.3, 0.4) is 0 Å². The van der Waals surface area contributed by atoms with Gasteiger partial charge in [-0.15, -0.1) is 0 Å². The molecule has 0 unspecified atom stereocenters. The van der Waals surface area contributed by atoms with Gasteiger partial charge in [-0.3, -0.25) is 0 Å². The zero-order valence-electron chi connectivity index (χ0n) is 12.8. The van der Waals surface area contributed by atoms with Crippen molar-refractivity contribution in [1.82, 2.24) is 4.72 Å². The largest absolute Gasteiger partial charge is 0.368 e. The fourth-order valence-electron chi connectivity index (χ4n) is 1.71.